The second-order valence-electron chi connectivity index (χ2n) is 4.14. The molecule has 8 heteroatoms. The summed E-state index contributed by atoms with van der Waals surface area (Å²) < 4.78 is 18.3. The molecule has 0 aliphatic carbocycles. The fourth-order valence-corrected chi connectivity index (χ4v) is 1.76. The summed E-state index contributed by atoms with van der Waals surface area (Å²) in [6.07, 6.45) is 2.26. The van der Waals surface area contributed by atoms with Crippen molar-refractivity contribution in [3.05, 3.63) is 51.4 Å². The summed E-state index contributed by atoms with van der Waals surface area (Å²) in [4.78, 5) is 47.3. The summed E-state index contributed by atoms with van der Waals surface area (Å²) in [6, 6.07) is 0. The molecule has 0 aliphatic rings. The summed E-state index contributed by atoms with van der Waals surface area (Å²) in [5, 5.41) is 0. The molecule has 0 bridgehead atoms. The lowest BCUT2D eigenvalue weighted by molar-refractivity contribution is -0.160. The average molecular weight is 338 g/mol. The van der Waals surface area contributed by atoms with Crippen LogP contribution in [-0.2, 0) is 38.1 Å². The molecule has 0 rings (SSSR count). The van der Waals surface area contributed by atoms with Crippen molar-refractivity contribution < 1.29 is 38.1 Å². The second-order valence-corrected chi connectivity index (χ2v) is 4.14. The van der Waals surface area contributed by atoms with Crippen LogP contribution in [0.2, 0.25) is 0 Å². The van der Waals surface area contributed by atoms with Gasteiger partial charge in [-0.3, -0.25) is 19.2 Å². The SMILES string of the molecule is C=COC(=O)CC(C(=O)OC=C)C(CC(=O)OC=C)C(=O)OC=C. The number of rotatable bonds is 11. The van der Waals surface area contributed by atoms with Gasteiger partial charge in [0.15, 0.2) is 0 Å². The van der Waals surface area contributed by atoms with Crippen molar-refractivity contribution in [3.8, 4) is 0 Å². The minimum Gasteiger partial charge on any atom is -0.435 e. The van der Waals surface area contributed by atoms with Crippen molar-refractivity contribution in [1.82, 2.24) is 0 Å². The summed E-state index contributed by atoms with van der Waals surface area (Å²) in [6.45, 7) is 12.8. The molecule has 0 aromatic heterocycles. The van der Waals surface area contributed by atoms with E-state index in [1.54, 1.807) is 0 Å². The molecule has 0 amide bonds. The van der Waals surface area contributed by atoms with Crippen molar-refractivity contribution in [1.29, 1.82) is 0 Å². The smallest absolute Gasteiger partial charge is 0.315 e. The van der Waals surface area contributed by atoms with Gasteiger partial charge in [-0.25, -0.2) is 0 Å². The van der Waals surface area contributed by atoms with Crippen LogP contribution in [0.1, 0.15) is 12.8 Å². The highest BCUT2D eigenvalue weighted by Crippen LogP contribution is 2.25. The Hall–Kier alpha value is -3.16. The molecule has 0 heterocycles. The van der Waals surface area contributed by atoms with Gasteiger partial charge in [-0.2, -0.15) is 0 Å². The Morgan fingerprint density at radius 2 is 0.917 bits per heavy atom. The van der Waals surface area contributed by atoms with E-state index < -0.39 is 48.6 Å². The number of hydrogen-bond donors (Lipinski definition) is 0. The maximum atomic E-state index is 12.0. The van der Waals surface area contributed by atoms with E-state index in [1.807, 2.05) is 0 Å². The molecule has 0 aliphatic heterocycles. The molecule has 0 radical (unpaired) electrons. The van der Waals surface area contributed by atoms with Crippen molar-refractivity contribution in [2.45, 2.75) is 12.8 Å². The van der Waals surface area contributed by atoms with Gasteiger partial charge in [0.05, 0.1) is 49.7 Å². The van der Waals surface area contributed by atoms with Crippen LogP contribution < -0.4 is 0 Å². The van der Waals surface area contributed by atoms with Crippen LogP contribution in [0.25, 0.3) is 0 Å². The van der Waals surface area contributed by atoms with Gasteiger partial charge in [0.25, 0.3) is 0 Å². The number of carbonyl (C=O) groups is 4. The summed E-state index contributed by atoms with van der Waals surface area (Å²) in [5.41, 5.74) is 0. The van der Waals surface area contributed by atoms with Gasteiger partial charge in [-0.1, -0.05) is 26.3 Å². The van der Waals surface area contributed by atoms with Crippen LogP contribution in [0.5, 0.6) is 0 Å². The van der Waals surface area contributed by atoms with Gasteiger partial charge in [-0.15, -0.1) is 0 Å². The number of hydrogen-bond acceptors (Lipinski definition) is 8. The highest BCUT2D eigenvalue weighted by Gasteiger charge is 2.39. The highest BCUT2D eigenvalue weighted by atomic mass is 16.5. The molecule has 0 spiro atoms. The van der Waals surface area contributed by atoms with Gasteiger partial charge < -0.3 is 18.9 Å². The second kappa shape index (κ2) is 11.4. The first-order valence-electron chi connectivity index (χ1n) is 6.64. The molecular weight excluding hydrogens is 320 g/mol. The predicted octanol–water partition coefficient (Wildman–Crippen LogP) is 1.75. The van der Waals surface area contributed by atoms with Crippen molar-refractivity contribution in [3.63, 3.8) is 0 Å². The van der Waals surface area contributed by atoms with E-state index in [4.69, 9.17) is 0 Å². The van der Waals surface area contributed by atoms with Gasteiger partial charge in [-0.05, 0) is 0 Å². The van der Waals surface area contributed by atoms with Crippen LogP contribution in [0.3, 0.4) is 0 Å². The first kappa shape index (κ1) is 20.8. The topological polar surface area (TPSA) is 105 Å². The normalized spacial score (nSPS) is 11.8. The maximum absolute atomic E-state index is 12.0. The molecule has 8 nitrogen and oxygen atoms in total. The Morgan fingerprint density at radius 1 is 0.625 bits per heavy atom. The number of esters is 4. The molecule has 0 saturated carbocycles. The molecule has 0 N–H and O–H groups in total. The highest BCUT2D eigenvalue weighted by molar-refractivity contribution is 5.89. The van der Waals surface area contributed by atoms with E-state index >= 15 is 0 Å². The van der Waals surface area contributed by atoms with Gasteiger partial charge in [0.2, 0.25) is 0 Å². The third-order valence-corrected chi connectivity index (χ3v) is 2.69. The molecule has 2 unspecified atom stereocenters. The van der Waals surface area contributed by atoms with E-state index in [0.29, 0.717) is 0 Å². The molecule has 0 aromatic carbocycles. The van der Waals surface area contributed by atoms with Gasteiger partial charge in [0, 0.05) is 0 Å². The van der Waals surface area contributed by atoms with Gasteiger partial charge in [0.1, 0.15) is 0 Å². The molecule has 130 valence electrons. The molecule has 0 fully saturated rings. The van der Waals surface area contributed by atoms with Crippen LogP contribution >= 0.6 is 0 Å². The lowest BCUT2D eigenvalue weighted by atomic mass is 9.86. The summed E-state index contributed by atoms with van der Waals surface area (Å²) in [7, 11) is 0. The first-order valence-corrected chi connectivity index (χ1v) is 6.64. The van der Waals surface area contributed by atoms with Crippen LogP contribution in [0.4, 0.5) is 0 Å². The van der Waals surface area contributed by atoms with E-state index in [-0.39, 0.29) is 0 Å². The molecule has 2 atom stereocenters. The predicted molar refractivity (Wildman–Crippen MR) is 81.4 cm³/mol. The lowest BCUT2D eigenvalue weighted by Crippen LogP contribution is -2.35. The Kier molecular flexibility index (Phi) is 9.91. The largest absolute Gasteiger partial charge is 0.435 e. The minimum absolute atomic E-state index is 0.559. The summed E-state index contributed by atoms with van der Waals surface area (Å²) >= 11 is 0. The van der Waals surface area contributed by atoms with Crippen molar-refractivity contribution in [2.24, 2.45) is 11.8 Å². The van der Waals surface area contributed by atoms with E-state index in [0.717, 1.165) is 25.0 Å². The van der Waals surface area contributed by atoms with E-state index in [9.17, 15) is 19.2 Å². The maximum Gasteiger partial charge on any atom is 0.315 e. The van der Waals surface area contributed by atoms with Gasteiger partial charge >= 0.3 is 23.9 Å². The number of carbonyl (C=O) groups excluding carboxylic acids is 4. The standard InChI is InChI=1S/C16H18O8/c1-5-21-13(17)9-11(15(19)23-7-3)12(16(20)24-8-4)10-14(18)22-6-2/h5-8,11-12H,1-4,9-10H2. The molecule has 0 aromatic rings. The minimum atomic E-state index is -1.37. The van der Waals surface area contributed by atoms with Crippen LogP contribution in [0.15, 0.2) is 51.4 Å². The Morgan fingerprint density at radius 3 is 1.17 bits per heavy atom. The van der Waals surface area contributed by atoms with E-state index in [1.165, 1.54) is 0 Å². The fraction of sp³-hybridized carbons (Fsp3) is 0.250. The third-order valence-electron chi connectivity index (χ3n) is 2.69. The van der Waals surface area contributed by atoms with Crippen molar-refractivity contribution >= 4 is 23.9 Å². The first-order chi connectivity index (χ1) is 11.4. The number of ether oxygens (including phenoxy) is 4. The summed E-state index contributed by atoms with van der Waals surface area (Å²) in [5.74, 6) is -6.40. The zero-order valence-corrected chi connectivity index (χ0v) is 13.0. The van der Waals surface area contributed by atoms with Crippen LogP contribution in [0, 0.1) is 11.8 Å². The van der Waals surface area contributed by atoms with Crippen LogP contribution in [-0.4, -0.2) is 23.9 Å². The van der Waals surface area contributed by atoms with E-state index in [2.05, 4.69) is 45.3 Å². The molecule has 24 heavy (non-hydrogen) atoms. The Bertz CT molecular complexity index is 486. The fourth-order valence-electron chi connectivity index (χ4n) is 1.76. The Balaban J connectivity index is 5.55. The molecule has 0 saturated heterocycles. The quantitative estimate of drug-likeness (QED) is 0.319. The lowest BCUT2D eigenvalue weighted by Gasteiger charge is -2.21. The van der Waals surface area contributed by atoms with Crippen molar-refractivity contribution in [2.75, 3.05) is 0 Å². The average Bonchev–Trinajstić information content (AvgIpc) is 2.51. The zero-order valence-electron chi connectivity index (χ0n) is 13.0. The monoisotopic (exact) mass is 338 g/mol. The Labute approximate surface area is 139 Å². The molecular formula is C16H18O8. The third kappa shape index (κ3) is 7.21. The zero-order chi connectivity index (χ0) is 18.5.